The summed E-state index contributed by atoms with van der Waals surface area (Å²) in [5.41, 5.74) is 5.89. The van der Waals surface area contributed by atoms with Gasteiger partial charge in [0, 0.05) is 23.1 Å². The van der Waals surface area contributed by atoms with Crippen LogP contribution >= 0.6 is 0 Å². The summed E-state index contributed by atoms with van der Waals surface area (Å²) < 4.78 is 0. The molecule has 3 aromatic rings. The number of H-pyrrole nitrogens is 1. The Hall–Kier alpha value is -2.59. The summed E-state index contributed by atoms with van der Waals surface area (Å²) >= 11 is 0. The van der Waals surface area contributed by atoms with Gasteiger partial charge in [-0.25, -0.2) is 0 Å². The van der Waals surface area contributed by atoms with Crippen molar-refractivity contribution in [3.8, 4) is 0 Å². The maximum atomic E-state index is 12.7. The van der Waals surface area contributed by atoms with E-state index in [0.717, 1.165) is 28.7 Å². The minimum absolute atomic E-state index is 0.116. The summed E-state index contributed by atoms with van der Waals surface area (Å²) in [6, 6.07) is 14.0. The fourth-order valence-corrected chi connectivity index (χ4v) is 3.03. The number of anilines is 1. The number of nitrogens with one attached hydrogen (secondary N) is 2. The number of carbonyl (C=O) groups excluding carboxylic acids is 1. The van der Waals surface area contributed by atoms with E-state index in [1.165, 1.54) is 11.1 Å². The lowest BCUT2D eigenvalue weighted by Crippen LogP contribution is -2.16. The Morgan fingerprint density at radius 3 is 2.62 bits per heavy atom. The predicted molar refractivity (Wildman–Crippen MR) is 99.6 cm³/mol. The minimum Gasteiger partial charge on any atom is -0.351 e. The highest BCUT2D eigenvalue weighted by atomic mass is 16.1. The number of aromatic amines is 1. The van der Waals surface area contributed by atoms with Crippen LogP contribution in [0.15, 0.2) is 42.5 Å². The molecule has 0 aliphatic rings. The topological polar surface area (TPSA) is 48.1 Å². The van der Waals surface area contributed by atoms with Crippen LogP contribution in [0.3, 0.4) is 0 Å². The molecule has 1 heterocycles. The third-order valence-corrected chi connectivity index (χ3v) is 4.09. The Morgan fingerprint density at radius 1 is 1.12 bits per heavy atom. The van der Waals surface area contributed by atoms with Gasteiger partial charge in [-0.15, -0.1) is 0 Å². The van der Waals surface area contributed by atoms with Gasteiger partial charge in [-0.3, -0.25) is 4.79 Å². The number of rotatable bonds is 4. The van der Waals surface area contributed by atoms with Gasteiger partial charge in [0.1, 0.15) is 5.69 Å². The molecule has 0 bridgehead atoms. The number of aromatic nitrogens is 1. The molecule has 124 valence electrons. The Morgan fingerprint density at radius 2 is 1.88 bits per heavy atom. The Kier molecular flexibility index (Phi) is 4.40. The zero-order valence-electron chi connectivity index (χ0n) is 14.6. The summed E-state index contributed by atoms with van der Waals surface area (Å²) in [5, 5.41) is 4.12. The zero-order valence-corrected chi connectivity index (χ0v) is 14.6. The molecule has 0 saturated heterocycles. The summed E-state index contributed by atoms with van der Waals surface area (Å²) in [6.45, 7) is 4.91. The number of hydrogen-bond acceptors (Lipinski definition) is 2. The fourth-order valence-electron chi connectivity index (χ4n) is 3.03. The average Bonchev–Trinajstić information content (AvgIpc) is 2.93. The van der Waals surface area contributed by atoms with Crippen LogP contribution in [-0.2, 0) is 6.54 Å². The van der Waals surface area contributed by atoms with Crippen LogP contribution in [0.4, 0.5) is 5.69 Å². The Balaban J connectivity index is 1.89. The molecule has 4 heteroatoms. The highest BCUT2D eigenvalue weighted by Crippen LogP contribution is 2.23. The second-order valence-corrected chi connectivity index (χ2v) is 6.58. The Labute approximate surface area is 142 Å². The third-order valence-electron chi connectivity index (χ3n) is 4.09. The largest absolute Gasteiger partial charge is 0.351 e. The standard InChI is InChI=1S/C20H23N3O/c1-13-9-14(2)16-11-19(21-18(16)10-13)20(24)22-17-8-6-5-7-15(17)12-23(3)4/h5-11,21H,12H2,1-4H3,(H,22,24). The van der Waals surface area contributed by atoms with Crippen molar-refractivity contribution in [2.45, 2.75) is 20.4 Å². The molecule has 0 aliphatic heterocycles. The minimum atomic E-state index is -0.116. The van der Waals surface area contributed by atoms with Gasteiger partial charge in [-0.05, 0) is 62.8 Å². The number of aryl methyl sites for hydroxylation is 2. The van der Waals surface area contributed by atoms with E-state index in [1.807, 2.05) is 44.4 Å². The molecule has 0 atom stereocenters. The number of hydrogen-bond donors (Lipinski definition) is 2. The molecular formula is C20H23N3O. The van der Waals surface area contributed by atoms with Gasteiger partial charge >= 0.3 is 0 Å². The van der Waals surface area contributed by atoms with Crippen LogP contribution in [0.1, 0.15) is 27.2 Å². The van der Waals surface area contributed by atoms with E-state index in [0.29, 0.717) is 5.69 Å². The third kappa shape index (κ3) is 3.34. The van der Waals surface area contributed by atoms with Crippen LogP contribution in [0, 0.1) is 13.8 Å². The average molecular weight is 321 g/mol. The number of nitrogens with zero attached hydrogens (tertiary/aromatic N) is 1. The lowest BCUT2D eigenvalue weighted by atomic mass is 10.1. The SMILES string of the molecule is Cc1cc(C)c2cc(C(=O)Nc3ccccc3CN(C)C)[nH]c2c1. The lowest BCUT2D eigenvalue weighted by molar-refractivity contribution is 0.102. The molecule has 0 aliphatic carbocycles. The van der Waals surface area contributed by atoms with E-state index in [2.05, 4.69) is 41.2 Å². The lowest BCUT2D eigenvalue weighted by Gasteiger charge is -2.14. The molecule has 24 heavy (non-hydrogen) atoms. The smallest absolute Gasteiger partial charge is 0.272 e. The van der Waals surface area contributed by atoms with E-state index in [9.17, 15) is 4.79 Å². The van der Waals surface area contributed by atoms with Crippen molar-refractivity contribution in [1.82, 2.24) is 9.88 Å². The molecule has 2 aromatic carbocycles. The summed E-state index contributed by atoms with van der Waals surface area (Å²) in [5.74, 6) is -0.116. The van der Waals surface area contributed by atoms with Gasteiger partial charge in [0.25, 0.3) is 5.91 Å². The second kappa shape index (κ2) is 6.49. The second-order valence-electron chi connectivity index (χ2n) is 6.58. The van der Waals surface area contributed by atoms with Crippen molar-refractivity contribution in [1.29, 1.82) is 0 Å². The molecule has 0 unspecified atom stereocenters. The summed E-state index contributed by atoms with van der Waals surface area (Å²) in [7, 11) is 4.03. The predicted octanol–water partition coefficient (Wildman–Crippen LogP) is 4.10. The van der Waals surface area contributed by atoms with Crippen molar-refractivity contribution in [3.05, 3.63) is 64.8 Å². The number of carbonyl (C=O) groups is 1. The molecule has 2 N–H and O–H groups in total. The van der Waals surface area contributed by atoms with Crippen LogP contribution in [-0.4, -0.2) is 29.9 Å². The van der Waals surface area contributed by atoms with E-state index in [4.69, 9.17) is 0 Å². The molecule has 3 rings (SSSR count). The van der Waals surface area contributed by atoms with Crippen LogP contribution in [0.2, 0.25) is 0 Å². The molecular weight excluding hydrogens is 298 g/mol. The fraction of sp³-hybridized carbons (Fsp3) is 0.250. The van der Waals surface area contributed by atoms with E-state index < -0.39 is 0 Å². The van der Waals surface area contributed by atoms with Gasteiger partial charge in [0.15, 0.2) is 0 Å². The molecule has 4 nitrogen and oxygen atoms in total. The van der Waals surface area contributed by atoms with Gasteiger partial charge in [-0.2, -0.15) is 0 Å². The zero-order chi connectivity index (χ0) is 17.3. The highest BCUT2D eigenvalue weighted by Gasteiger charge is 2.13. The summed E-state index contributed by atoms with van der Waals surface area (Å²) in [6.07, 6.45) is 0. The first-order valence-corrected chi connectivity index (χ1v) is 8.08. The van der Waals surface area contributed by atoms with E-state index in [-0.39, 0.29) is 5.91 Å². The van der Waals surface area contributed by atoms with E-state index in [1.54, 1.807) is 0 Å². The van der Waals surface area contributed by atoms with Crippen molar-refractivity contribution < 1.29 is 4.79 Å². The Bertz CT molecular complexity index is 893. The first-order valence-electron chi connectivity index (χ1n) is 8.08. The van der Waals surface area contributed by atoms with Crippen LogP contribution in [0.5, 0.6) is 0 Å². The number of para-hydroxylation sites is 1. The monoisotopic (exact) mass is 321 g/mol. The molecule has 1 aromatic heterocycles. The number of benzene rings is 2. The van der Waals surface area contributed by atoms with Crippen LogP contribution in [0.25, 0.3) is 10.9 Å². The molecule has 1 amide bonds. The molecule has 0 saturated carbocycles. The summed E-state index contributed by atoms with van der Waals surface area (Å²) in [4.78, 5) is 18.0. The van der Waals surface area contributed by atoms with Gasteiger partial charge < -0.3 is 15.2 Å². The molecule has 0 fully saturated rings. The van der Waals surface area contributed by atoms with Gasteiger partial charge in [0.05, 0.1) is 0 Å². The maximum absolute atomic E-state index is 12.7. The number of amides is 1. The number of fused-ring (bicyclic) bond motifs is 1. The first-order chi connectivity index (χ1) is 11.4. The first kappa shape index (κ1) is 16.3. The van der Waals surface area contributed by atoms with E-state index >= 15 is 0 Å². The highest BCUT2D eigenvalue weighted by molar-refractivity contribution is 6.06. The van der Waals surface area contributed by atoms with Gasteiger partial charge in [0.2, 0.25) is 0 Å². The quantitative estimate of drug-likeness (QED) is 0.760. The molecule has 0 radical (unpaired) electrons. The van der Waals surface area contributed by atoms with Crippen molar-refractivity contribution in [2.24, 2.45) is 0 Å². The van der Waals surface area contributed by atoms with Crippen molar-refractivity contribution in [3.63, 3.8) is 0 Å². The normalized spacial score (nSPS) is 11.2. The van der Waals surface area contributed by atoms with Crippen molar-refractivity contribution >= 4 is 22.5 Å². The van der Waals surface area contributed by atoms with Gasteiger partial charge in [-0.1, -0.05) is 24.3 Å². The maximum Gasteiger partial charge on any atom is 0.272 e. The van der Waals surface area contributed by atoms with Crippen molar-refractivity contribution in [2.75, 3.05) is 19.4 Å². The molecule has 0 spiro atoms. The van der Waals surface area contributed by atoms with Crippen LogP contribution < -0.4 is 5.32 Å².